The van der Waals surface area contributed by atoms with Crippen LogP contribution in [0, 0.1) is 0 Å². The first-order chi connectivity index (χ1) is 11.1. The van der Waals surface area contributed by atoms with Crippen LogP contribution in [0.5, 0.6) is 0 Å². The first kappa shape index (κ1) is 15.4. The van der Waals surface area contributed by atoms with Crippen LogP contribution in [0.25, 0.3) is 11.1 Å². The maximum absolute atomic E-state index is 10.9. The van der Waals surface area contributed by atoms with Crippen molar-refractivity contribution in [1.82, 2.24) is 15.3 Å². The predicted molar refractivity (Wildman–Crippen MR) is 84.4 cm³/mol. The Morgan fingerprint density at radius 3 is 2.78 bits per heavy atom. The Bertz CT molecular complexity index is 663. The number of aromatic nitrogens is 2. The summed E-state index contributed by atoms with van der Waals surface area (Å²) in [7, 11) is 0. The van der Waals surface area contributed by atoms with Gasteiger partial charge in [0.05, 0.1) is 12.6 Å². The van der Waals surface area contributed by atoms with Crippen molar-refractivity contribution in [2.24, 2.45) is 0 Å². The summed E-state index contributed by atoms with van der Waals surface area (Å²) in [5.41, 5.74) is 2.00. The minimum Gasteiger partial charge on any atom is -0.354 e. The summed E-state index contributed by atoms with van der Waals surface area (Å²) in [4.78, 5) is 21.0. The molecule has 2 aromatic heterocycles. The third-order valence-corrected chi connectivity index (χ3v) is 3.62. The first-order valence-electron chi connectivity index (χ1n) is 7.34. The smallest absolute Gasteiger partial charge is 0.239 e. The van der Waals surface area contributed by atoms with Gasteiger partial charge in [-0.2, -0.15) is 0 Å². The Morgan fingerprint density at radius 2 is 2.13 bits per heavy atom. The number of aliphatic hydroxyl groups is 1. The van der Waals surface area contributed by atoms with Gasteiger partial charge < -0.3 is 20.1 Å². The van der Waals surface area contributed by atoms with Crippen molar-refractivity contribution in [1.29, 1.82) is 0 Å². The number of rotatable bonds is 4. The highest BCUT2D eigenvalue weighted by Crippen LogP contribution is 2.24. The molecule has 0 saturated carbocycles. The zero-order chi connectivity index (χ0) is 16.2. The van der Waals surface area contributed by atoms with E-state index in [9.17, 15) is 9.90 Å². The predicted octanol–water partition coefficient (Wildman–Crippen LogP) is 0.761. The van der Waals surface area contributed by atoms with Crippen molar-refractivity contribution in [3.05, 3.63) is 42.9 Å². The van der Waals surface area contributed by atoms with Gasteiger partial charge in [-0.25, -0.2) is 4.98 Å². The third kappa shape index (κ3) is 3.64. The fourth-order valence-electron chi connectivity index (χ4n) is 2.45. The largest absolute Gasteiger partial charge is 0.354 e. The van der Waals surface area contributed by atoms with Crippen molar-refractivity contribution in [2.75, 3.05) is 18.0 Å². The Labute approximate surface area is 133 Å². The second-order valence-electron chi connectivity index (χ2n) is 5.31. The number of carbonyl (C=O) groups excluding carboxylic acids is 1. The van der Waals surface area contributed by atoms with E-state index in [1.807, 2.05) is 24.3 Å². The van der Waals surface area contributed by atoms with Crippen molar-refractivity contribution >= 4 is 11.7 Å². The molecular weight excluding hydrogens is 296 g/mol. The third-order valence-electron chi connectivity index (χ3n) is 3.62. The molecule has 0 radical (unpaired) electrons. The van der Waals surface area contributed by atoms with E-state index in [2.05, 4.69) is 15.3 Å². The molecule has 1 aliphatic rings. The van der Waals surface area contributed by atoms with Crippen LogP contribution in [0.1, 0.15) is 6.92 Å². The number of pyridine rings is 2. The van der Waals surface area contributed by atoms with E-state index in [1.54, 1.807) is 23.5 Å². The molecule has 0 spiro atoms. The van der Waals surface area contributed by atoms with Crippen LogP contribution >= 0.6 is 0 Å². The summed E-state index contributed by atoms with van der Waals surface area (Å²) < 4.78 is 5.41. The van der Waals surface area contributed by atoms with E-state index in [-0.39, 0.29) is 12.0 Å². The molecule has 7 heteroatoms. The quantitative estimate of drug-likeness (QED) is 0.866. The second-order valence-corrected chi connectivity index (χ2v) is 5.31. The van der Waals surface area contributed by atoms with Crippen LogP contribution in [0.4, 0.5) is 5.82 Å². The fraction of sp³-hybridized carbons (Fsp3) is 0.312. The summed E-state index contributed by atoms with van der Waals surface area (Å²) in [6.45, 7) is 2.27. The number of hydrogen-bond donors (Lipinski definition) is 2. The van der Waals surface area contributed by atoms with Crippen LogP contribution < -0.4 is 10.2 Å². The SMILES string of the molecule is CC(=O)NC[C@H]1CN(c2ccc(-c3ccncc3)cn2)[C@@H](O)O1. The van der Waals surface area contributed by atoms with Crippen molar-refractivity contribution in [3.63, 3.8) is 0 Å². The van der Waals surface area contributed by atoms with Gasteiger partial charge in [0.25, 0.3) is 0 Å². The molecule has 1 saturated heterocycles. The Balaban J connectivity index is 1.69. The molecule has 0 bridgehead atoms. The molecule has 120 valence electrons. The van der Waals surface area contributed by atoms with Gasteiger partial charge in [-0.1, -0.05) is 0 Å². The van der Waals surface area contributed by atoms with Crippen molar-refractivity contribution < 1.29 is 14.6 Å². The monoisotopic (exact) mass is 314 g/mol. The lowest BCUT2D eigenvalue weighted by Gasteiger charge is -2.19. The number of hydrogen-bond acceptors (Lipinski definition) is 6. The summed E-state index contributed by atoms with van der Waals surface area (Å²) in [6, 6.07) is 7.59. The van der Waals surface area contributed by atoms with Crippen LogP contribution in [0.15, 0.2) is 42.9 Å². The van der Waals surface area contributed by atoms with Gasteiger partial charge in [0.15, 0.2) is 0 Å². The van der Waals surface area contributed by atoms with Gasteiger partial charge in [-0.15, -0.1) is 0 Å². The molecule has 7 nitrogen and oxygen atoms in total. The Kier molecular flexibility index (Phi) is 4.50. The molecule has 3 heterocycles. The molecule has 2 atom stereocenters. The van der Waals surface area contributed by atoms with Gasteiger partial charge in [-0.05, 0) is 29.8 Å². The summed E-state index contributed by atoms with van der Waals surface area (Å²) in [5.74, 6) is 0.502. The average molecular weight is 314 g/mol. The number of nitrogens with one attached hydrogen (secondary N) is 1. The molecule has 2 aromatic rings. The van der Waals surface area contributed by atoms with Crippen LogP contribution in [0.2, 0.25) is 0 Å². The zero-order valence-corrected chi connectivity index (χ0v) is 12.7. The van der Waals surface area contributed by atoms with Crippen LogP contribution in [0.3, 0.4) is 0 Å². The normalized spacial score (nSPS) is 20.5. The molecule has 2 N–H and O–H groups in total. The average Bonchev–Trinajstić information content (AvgIpc) is 2.95. The van der Waals surface area contributed by atoms with E-state index >= 15 is 0 Å². The molecule has 3 rings (SSSR count). The molecular formula is C16H18N4O3. The highest BCUT2D eigenvalue weighted by Gasteiger charge is 2.32. The molecule has 23 heavy (non-hydrogen) atoms. The fourth-order valence-corrected chi connectivity index (χ4v) is 2.45. The molecule has 0 unspecified atom stereocenters. The number of carbonyl (C=O) groups is 1. The van der Waals surface area contributed by atoms with Gasteiger partial charge in [0.2, 0.25) is 12.3 Å². The Morgan fingerprint density at radius 1 is 1.35 bits per heavy atom. The minimum absolute atomic E-state index is 0.124. The minimum atomic E-state index is -1.06. The van der Waals surface area contributed by atoms with E-state index in [1.165, 1.54) is 6.92 Å². The molecule has 1 aliphatic heterocycles. The summed E-state index contributed by atoms with van der Waals surface area (Å²) in [5, 5.41) is 12.7. The molecule has 1 amide bonds. The molecule has 0 aromatic carbocycles. The van der Waals surface area contributed by atoms with E-state index in [0.29, 0.717) is 18.9 Å². The number of ether oxygens (including phenoxy) is 1. The van der Waals surface area contributed by atoms with E-state index in [4.69, 9.17) is 4.74 Å². The topological polar surface area (TPSA) is 87.6 Å². The summed E-state index contributed by atoms with van der Waals surface area (Å²) in [6.07, 6.45) is 3.88. The molecule has 1 fully saturated rings. The van der Waals surface area contributed by atoms with Gasteiger partial charge in [-0.3, -0.25) is 9.78 Å². The summed E-state index contributed by atoms with van der Waals surface area (Å²) >= 11 is 0. The number of amides is 1. The van der Waals surface area contributed by atoms with Crippen LogP contribution in [-0.2, 0) is 9.53 Å². The van der Waals surface area contributed by atoms with Crippen molar-refractivity contribution in [2.45, 2.75) is 19.4 Å². The highest BCUT2D eigenvalue weighted by molar-refractivity contribution is 5.72. The maximum atomic E-state index is 10.9. The lowest BCUT2D eigenvalue weighted by molar-refractivity contribution is -0.121. The van der Waals surface area contributed by atoms with Gasteiger partial charge in [0, 0.05) is 37.6 Å². The zero-order valence-electron chi connectivity index (χ0n) is 12.7. The maximum Gasteiger partial charge on any atom is 0.239 e. The number of nitrogens with zero attached hydrogens (tertiary/aromatic N) is 3. The van der Waals surface area contributed by atoms with Gasteiger partial charge in [0.1, 0.15) is 5.82 Å². The number of aliphatic hydroxyl groups excluding tert-OH is 1. The Hall–Kier alpha value is -2.51. The van der Waals surface area contributed by atoms with E-state index in [0.717, 1.165) is 11.1 Å². The lowest BCUT2D eigenvalue weighted by atomic mass is 10.1. The first-order valence-corrected chi connectivity index (χ1v) is 7.34. The lowest BCUT2D eigenvalue weighted by Crippen LogP contribution is -2.33. The van der Waals surface area contributed by atoms with E-state index < -0.39 is 6.41 Å². The van der Waals surface area contributed by atoms with Crippen LogP contribution in [-0.4, -0.2) is 46.6 Å². The second kappa shape index (κ2) is 6.72. The van der Waals surface area contributed by atoms with Gasteiger partial charge >= 0.3 is 0 Å². The van der Waals surface area contributed by atoms with Crippen molar-refractivity contribution in [3.8, 4) is 11.1 Å². The molecule has 0 aliphatic carbocycles. The highest BCUT2D eigenvalue weighted by atomic mass is 16.6. The number of anilines is 1. The standard InChI is InChI=1S/C16H18N4O3/c1-11(21)18-9-14-10-20(16(22)23-14)15-3-2-13(8-19-15)12-4-6-17-7-5-12/h2-8,14,16,22H,9-10H2,1H3,(H,18,21)/t14-,16-/m0/s1.